The Labute approximate surface area is 126 Å². The zero-order valence-corrected chi connectivity index (χ0v) is 12.1. The van der Waals surface area contributed by atoms with Crippen molar-refractivity contribution in [2.75, 3.05) is 0 Å². The molecule has 0 aliphatic heterocycles. The van der Waals surface area contributed by atoms with Gasteiger partial charge in [0, 0.05) is 10.9 Å². The Morgan fingerprint density at radius 3 is 2.24 bits per heavy atom. The minimum atomic E-state index is -4.82. The fourth-order valence-electron chi connectivity index (χ4n) is 1.85. The van der Waals surface area contributed by atoms with Crippen molar-refractivity contribution in [1.82, 2.24) is 0 Å². The number of carbonyl (C=O) groups is 1. The van der Waals surface area contributed by atoms with Gasteiger partial charge in [0.1, 0.15) is 5.82 Å². The van der Waals surface area contributed by atoms with Crippen LogP contribution in [-0.2, 0) is 12.6 Å². The van der Waals surface area contributed by atoms with Gasteiger partial charge in [0.2, 0.25) is 0 Å². The fraction of sp³-hybridized carbons (Fsp3) is 0.133. The van der Waals surface area contributed by atoms with E-state index in [0.717, 1.165) is 16.6 Å². The zero-order chi connectivity index (χ0) is 15.6. The maximum absolute atomic E-state index is 13.8. The first-order valence-corrected chi connectivity index (χ1v) is 6.71. The summed E-state index contributed by atoms with van der Waals surface area (Å²) in [6.45, 7) is 0. The van der Waals surface area contributed by atoms with E-state index < -0.39 is 28.9 Å². The number of rotatable bonds is 3. The second-order valence-electron chi connectivity index (χ2n) is 4.39. The van der Waals surface area contributed by atoms with Crippen LogP contribution in [0.3, 0.4) is 0 Å². The topological polar surface area (TPSA) is 17.1 Å². The van der Waals surface area contributed by atoms with Gasteiger partial charge < -0.3 is 0 Å². The first kappa shape index (κ1) is 15.7. The van der Waals surface area contributed by atoms with Gasteiger partial charge in [-0.05, 0) is 29.8 Å². The third kappa shape index (κ3) is 3.69. The third-order valence-corrected chi connectivity index (χ3v) is 3.41. The van der Waals surface area contributed by atoms with Crippen LogP contribution in [0.1, 0.15) is 21.5 Å². The molecule has 0 amide bonds. The maximum Gasteiger partial charge on any atom is 0.419 e. The Kier molecular flexibility index (Phi) is 4.46. The summed E-state index contributed by atoms with van der Waals surface area (Å²) in [7, 11) is 0. The molecule has 0 atom stereocenters. The maximum atomic E-state index is 13.8. The molecule has 0 unspecified atom stereocenters. The Bertz CT molecular complexity index is 662. The Morgan fingerprint density at radius 2 is 1.67 bits per heavy atom. The van der Waals surface area contributed by atoms with Crippen molar-refractivity contribution in [1.29, 1.82) is 0 Å². The normalized spacial score (nSPS) is 11.5. The van der Waals surface area contributed by atoms with E-state index >= 15 is 0 Å². The summed E-state index contributed by atoms with van der Waals surface area (Å²) in [4.78, 5) is 12.0. The molecule has 0 bridgehead atoms. The molecule has 0 saturated carbocycles. The first-order valence-electron chi connectivity index (χ1n) is 5.92. The molecule has 0 heterocycles. The minimum absolute atomic E-state index is 0.161. The SMILES string of the molecule is O=C(Cc1ccc(Br)cc1)c1cccc(C(F)(F)F)c1F. The molecule has 110 valence electrons. The van der Waals surface area contributed by atoms with Crippen LogP contribution in [-0.4, -0.2) is 5.78 Å². The molecule has 6 heteroatoms. The standard InChI is InChI=1S/C15H9BrF4O/c16-10-6-4-9(5-7-10)8-13(21)11-2-1-3-12(14(11)17)15(18,19)20/h1-7H,8H2. The van der Waals surface area contributed by atoms with Crippen molar-refractivity contribution in [2.45, 2.75) is 12.6 Å². The smallest absolute Gasteiger partial charge is 0.294 e. The van der Waals surface area contributed by atoms with E-state index in [1.807, 2.05) is 0 Å². The molecule has 0 fully saturated rings. The van der Waals surface area contributed by atoms with Gasteiger partial charge in [-0.2, -0.15) is 13.2 Å². The lowest BCUT2D eigenvalue weighted by molar-refractivity contribution is -0.140. The molecule has 1 nitrogen and oxygen atoms in total. The quantitative estimate of drug-likeness (QED) is 0.554. The molecule has 0 saturated heterocycles. The van der Waals surface area contributed by atoms with E-state index in [2.05, 4.69) is 15.9 Å². The van der Waals surface area contributed by atoms with Crippen molar-refractivity contribution in [2.24, 2.45) is 0 Å². The predicted octanol–water partition coefficient (Wildman–Crippen LogP) is 5.03. The number of benzene rings is 2. The van der Waals surface area contributed by atoms with E-state index in [-0.39, 0.29) is 6.42 Å². The second-order valence-corrected chi connectivity index (χ2v) is 5.31. The molecule has 0 aromatic heterocycles. The van der Waals surface area contributed by atoms with Crippen LogP contribution in [0.25, 0.3) is 0 Å². The van der Waals surface area contributed by atoms with Gasteiger partial charge in [0.05, 0.1) is 11.1 Å². The van der Waals surface area contributed by atoms with Crippen LogP contribution in [0.15, 0.2) is 46.9 Å². The van der Waals surface area contributed by atoms with Crippen molar-refractivity contribution < 1.29 is 22.4 Å². The molecule has 2 rings (SSSR count). The largest absolute Gasteiger partial charge is 0.419 e. The lowest BCUT2D eigenvalue weighted by Gasteiger charge is -2.10. The van der Waals surface area contributed by atoms with Gasteiger partial charge in [-0.1, -0.05) is 34.1 Å². The second kappa shape index (κ2) is 5.97. The number of carbonyl (C=O) groups excluding carboxylic acids is 1. The van der Waals surface area contributed by atoms with E-state index in [1.165, 1.54) is 0 Å². The molecule has 21 heavy (non-hydrogen) atoms. The predicted molar refractivity (Wildman–Crippen MR) is 73.6 cm³/mol. The summed E-state index contributed by atoms with van der Waals surface area (Å²) >= 11 is 3.23. The van der Waals surface area contributed by atoms with Crippen LogP contribution in [0.4, 0.5) is 17.6 Å². The van der Waals surface area contributed by atoms with E-state index in [1.54, 1.807) is 24.3 Å². The highest BCUT2D eigenvalue weighted by Crippen LogP contribution is 2.32. The van der Waals surface area contributed by atoms with Crippen molar-refractivity contribution in [3.63, 3.8) is 0 Å². The molecular weight excluding hydrogens is 352 g/mol. The Hall–Kier alpha value is -1.69. The summed E-state index contributed by atoms with van der Waals surface area (Å²) in [5.41, 5.74) is -1.38. The summed E-state index contributed by atoms with van der Waals surface area (Å²) in [6, 6.07) is 9.40. The number of hydrogen-bond acceptors (Lipinski definition) is 1. The highest BCUT2D eigenvalue weighted by molar-refractivity contribution is 9.10. The van der Waals surface area contributed by atoms with Gasteiger partial charge in [0.15, 0.2) is 5.78 Å². The number of halogens is 5. The summed E-state index contributed by atoms with van der Waals surface area (Å²) in [5, 5.41) is 0. The van der Waals surface area contributed by atoms with E-state index in [9.17, 15) is 22.4 Å². The molecule has 0 radical (unpaired) electrons. The van der Waals surface area contributed by atoms with E-state index in [4.69, 9.17) is 0 Å². The Morgan fingerprint density at radius 1 is 1.05 bits per heavy atom. The van der Waals surface area contributed by atoms with Gasteiger partial charge in [-0.15, -0.1) is 0 Å². The van der Waals surface area contributed by atoms with Crippen molar-refractivity contribution in [3.05, 3.63) is 69.4 Å². The van der Waals surface area contributed by atoms with Crippen LogP contribution >= 0.6 is 15.9 Å². The van der Waals surface area contributed by atoms with Gasteiger partial charge in [0.25, 0.3) is 0 Å². The number of hydrogen-bond donors (Lipinski definition) is 0. The molecule has 0 spiro atoms. The van der Waals surface area contributed by atoms with Gasteiger partial charge in [-0.25, -0.2) is 4.39 Å². The molecular formula is C15H9BrF4O. The highest BCUT2D eigenvalue weighted by Gasteiger charge is 2.35. The Balaban J connectivity index is 2.30. The number of alkyl halides is 3. The highest BCUT2D eigenvalue weighted by atomic mass is 79.9. The molecule has 0 aliphatic carbocycles. The minimum Gasteiger partial charge on any atom is -0.294 e. The molecule has 0 N–H and O–H groups in total. The first-order chi connectivity index (χ1) is 9.79. The third-order valence-electron chi connectivity index (χ3n) is 2.88. The monoisotopic (exact) mass is 360 g/mol. The lowest BCUT2D eigenvalue weighted by Crippen LogP contribution is -2.13. The van der Waals surface area contributed by atoms with Gasteiger partial charge >= 0.3 is 6.18 Å². The lowest BCUT2D eigenvalue weighted by atomic mass is 10.0. The summed E-state index contributed by atoms with van der Waals surface area (Å²) in [5.74, 6) is -2.21. The summed E-state index contributed by atoms with van der Waals surface area (Å²) in [6.07, 6.45) is -4.98. The molecule has 2 aromatic rings. The average molecular weight is 361 g/mol. The van der Waals surface area contributed by atoms with Crippen LogP contribution in [0, 0.1) is 5.82 Å². The zero-order valence-electron chi connectivity index (χ0n) is 10.5. The van der Waals surface area contributed by atoms with Crippen molar-refractivity contribution in [3.8, 4) is 0 Å². The molecule has 0 aliphatic rings. The van der Waals surface area contributed by atoms with Crippen LogP contribution < -0.4 is 0 Å². The van der Waals surface area contributed by atoms with Crippen molar-refractivity contribution >= 4 is 21.7 Å². The average Bonchev–Trinajstić information content (AvgIpc) is 2.40. The number of Topliss-reactive ketones (excluding diaryl/α,β-unsaturated/α-hetero) is 1. The van der Waals surface area contributed by atoms with Crippen LogP contribution in [0.2, 0.25) is 0 Å². The summed E-state index contributed by atoms with van der Waals surface area (Å²) < 4.78 is 52.5. The molecule has 2 aromatic carbocycles. The van der Waals surface area contributed by atoms with E-state index in [0.29, 0.717) is 11.6 Å². The number of ketones is 1. The van der Waals surface area contributed by atoms with Crippen LogP contribution in [0.5, 0.6) is 0 Å². The fourth-order valence-corrected chi connectivity index (χ4v) is 2.11. The van der Waals surface area contributed by atoms with Gasteiger partial charge in [-0.3, -0.25) is 4.79 Å².